The Morgan fingerprint density at radius 1 is 1.00 bits per heavy atom. The molecule has 2 amide bonds. The van der Waals surface area contributed by atoms with Crippen molar-refractivity contribution in [2.45, 2.75) is 39.5 Å². The van der Waals surface area contributed by atoms with Gasteiger partial charge < -0.3 is 10.2 Å². The SMILES string of the molecule is CCc1ccccc1NC(=O)C1CCN(C(=O)Cc2ccccc2C)CC1. The number of carbonyl (C=O) groups is 2. The molecule has 142 valence electrons. The lowest BCUT2D eigenvalue weighted by atomic mass is 9.95. The van der Waals surface area contributed by atoms with Crippen LogP contribution in [0.5, 0.6) is 0 Å². The predicted octanol–water partition coefficient (Wildman–Crippen LogP) is 3.98. The van der Waals surface area contributed by atoms with Gasteiger partial charge in [-0.15, -0.1) is 0 Å². The highest BCUT2D eigenvalue weighted by molar-refractivity contribution is 5.93. The zero-order valence-corrected chi connectivity index (χ0v) is 16.2. The average Bonchev–Trinajstić information content (AvgIpc) is 2.70. The lowest BCUT2D eigenvalue weighted by Gasteiger charge is -2.31. The largest absolute Gasteiger partial charge is 0.342 e. The molecule has 27 heavy (non-hydrogen) atoms. The van der Waals surface area contributed by atoms with E-state index >= 15 is 0 Å². The van der Waals surface area contributed by atoms with E-state index in [1.54, 1.807) is 0 Å². The third kappa shape index (κ3) is 4.76. The normalized spacial score (nSPS) is 14.8. The molecule has 3 rings (SSSR count). The number of piperidine rings is 1. The maximum atomic E-state index is 12.6. The minimum atomic E-state index is -0.0302. The summed E-state index contributed by atoms with van der Waals surface area (Å²) >= 11 is 0. The highest BCUT2D eigenvalue weighted by Crippen LogP contribution is 2.22. The van der Waals surface area contributed by atoms with Gasteiger partial charge in [-0.1, -0.05) is 49.4 Å². The second-order valence-electron chi connectivity index (χ2n) is 7.26. The van der Waals surface area contributed by atoms with Crippen LogP contribution < -0.4 is 5.32 Å². The highest BCUT2D eigenvalue weighted by atomic mass is 16.2. The summed E-state index contributed by atoms with van der Waals surface area (Å²) in [6.07, 6.45) is 2.77. The van der Waals surface area contributed by atoms with Gasteiger partial charge in [-0.25, -0.2) is 0 Å². The van der Waals surface area contributed by atoms with Crippen LogP contribution in [0, 0.1) is 12.8 Å². The van der Waals surface area contributed by atoms with Gasteiger partial charge in [0, 0.05) is 24.7 Å². The first kappa shape index (κ1) is 19.2. The number of hydrogen-bond acceptors (Lipinski definition) is 2. The van der Waals surface area contributed by atoms with E-state index in [1.165, 1.54) is 0 Å². The number of amides is 2. The molecule has 0 saturated carbocycles. The van der Waals surface area contributed by atoms with E-state index in [-0.39, 0.29) is 17.7 Å². The molecule has 0 spiro atoms. The van der Waals surface area contributed by atoms with Gasteiger partial charge >= 0.3 is 0 Å². The van der Waals surface area contributed by atoms with E-state index in [9.17, 15) is 9.59 Å². The molecule has 0 aromatic heterocycles. The summed E-state index contributed by atoms with van der Waals surface area (Å²) < 4.78 is 0. The van der Waals surface area contributed by atoms with Crippen LogP contribution in [-0.2, 0) is 22.4 Å². The monoisotopic (exact) mass is 364 g/mol. The van der Waals surface area contributed by atoms with Crippen molar-refractivity contribution in [3.8, 4) is 0 Å². The van der Waals surface area contributed by atoms with Crippen LogP contribution in [0.4, 0.5) is 5.69 Å². The Morgan fingerprint density at radius 2 is 1.63 bits per heavy atom. The summed E-state index contributed by atoms with van der Waals surface area (Å²) in [4.78, 5) is 27.1. The van der Waals surface area contributed by atoms with Crippen molar-refractivity contribution in [2.75, 3.05) is 18.4 Å². The van der Waals surface area contributed by atoms with Crippen LogP contribution in [0.15, 0.2) is 48.5 Å². The number of rotatable bonds is 5. The summed E-state index contributed by atoms with van der Waals surface area (Å²) in [5.41, 5.74) is 4.29. The van der Waals surface area contributed by atoms with Crippen molar-refractivity contribution in [1.29, 1.82) is 0 Å². The van der Waals surface area contributed by atoms with Crippen molar-refractivity contribution >= 4 is 17.5 Å². The van der Waals surface area contributed by atoms with E-state index < -0.39 is 0 Å². The van der Waals surface area contributed by atoms with Gasteiger partial charge in [0.05, 0.1) is 6.42 Å². The zero-order chi connectivity index (χ0) is 19.2. The molecule has 1 aliphatic heterocycles. The molecular formula is C23H28N2O2. The van der Waals surface area contributed by atoms with Crippen LogP contribution in [0.1, 0.15) is 36.5 Å². The van der Waals surface area contributed by atoms with Crippen molar-refractivity contribution in [2.24, 2.45) is 5.92 Å². The first-order valence-corrected chi connectivity index (χ1v) is 9.79. The Balaban J connectivity index is 1.53. The number of nitrogens with one attached hydrogen (secondary N) is 1. The van der Waals surface area contributed by atoms with Gasteiger partial charge in [-0.3, -0.25) is 9.59 Å². The number of anilines is 1. The lowest BCUT2D eigenvalue weighted by Crippen LogP contribution is -2.42. The molecule has 1 saturated heterocycles. The molecule has 0 bridgehead atoms. The summed E-state index contributed by atoms with van der Waals surface area (Å²) in [5, 5.41) is 3.08. The van der Waals surface area contributed by atoms with E-state index in [0.717, 1.165) is 41.6 Å². The fourth-order valence-electron chi connectivity index (χ4n) is 3.66. The maximum absolute atomic E-state index is 12.6. The van der Waals surface area contributed by atoms with Crippen molar-refractivity contribution in [3.05, 3.63) is 65.2 Å². The molecule has 1 aliphatic rings. The Morgan fingerprint density at radius 3 is 2.30 bits per heavy atom. The predicted molar refractivity (Wildman–Crippen MR) is 109 cm³/mol. The molecule has 1 fully saturated rings. The number of carbonyl (C=O) groups excluding carboxylic acids is 2. The summed E-state index contributed by atoms with van der Waals surface area (Å²) in [5.74, 6) is 0.193. The van der Waals surface area contributed by atoms with Crippen LogP contribution in [-0.4, -0.2) is 29.8 Å². The fourth-order valence-corrected chi connectivity index (χ4v) is 3.66. The molecule has 1 N–H and O–H groups in total. The fraction of sp³-hybridized carbons (Fsp3) is 0.391. The second-order valence-corrected chi connectivity index (χ2v) is 7.26. The molecule has 0 atom stereocenters. The van der Waals surface area contributed by atoms with Crippen molar-refractivity contribution in [1.82, 2.24) is 4.90 Å². The topological polar surface area (TPSA) is 49.4 Å². The van der Waals surface area contributed by atoms with E-state index in [4.69, 9.17) is 0 Å². The molecular weight excluding hydrogens is 336 g/mol. The number of aryl methyl sites for hydroxylation is 2. The van der Waals surface area contributed by atoms with Crippen LogP contribution >= 0.6 is 0 Å². The molecule has 0 radical (unpaired) electrons. The summed E-state index contributed by atoms with van der Waals surface area (Å²) in [6.45, 7) is 5.42. The standard InChI is InChI=1S/C23H28N2O2/c1-3-18-9-6-7-11-21(18)24-23(27)19-12-14-25(15-13-19)22(26)16-20-10-5-4-8-17(20)2/h4-11,19H,3,12-16H2,1-2H3,(H,24,27). The molecule has 4 nitrogen and oxygen atoms in total. The first-order chi connectivity index (χ1) is 13.1. The van der Waals surface area contributed by atoms with E-state index in [1.807, 2.05) is 60.4 Å². The average molecular weight is 364 g/mol. The van der Waals surface area contributed by atoms with Crippen LogP contribution in [0.3, 0.4) is 0 Å². The number of likely N-dealkylation sites (tertiary alicyclic amines) is 1. The number of nitrogens with zero attached hydrogens (tertiary/aromatic N) is 1. The minimum absolute atomic E-state index is 0.0302. The van der Waals surface area contributed by atoms with Gasteiger partial charge in [0.15, 0.2) is 0 Å². The molecule has 2 aromatic carbocycles. The molecule has 1 heterocycles. The van der Waals surface area contributed by atoms with Crippen LogP contribution in [0.25, 0.3) is 0 Å². The Hall–Kier alpha value is -2.62. The number of para-hydroxylation sites is 1. The smallest absolute Gasteiger partial charge is 0.227 e. The molecule has 0 aliphatic carbocycles. The quantitative estimate of drug-likeness (QED) is 0.872. The number of benzene rings is 2. The van der Waals surface area contributed by atoms with Gasteiger partial charge in [0.25, 0.3) is 0 Å². The Kier molecular flexibility index (Phi) is 6.28. The van der Waals surface area contributed by atoms with Crippen molar-refractivity contribution in [3.63, 3.8) is 0 Å². The van der Waals surface area contributed by atoms with Crippen LogP contribution in [0.2, 0.25) is 0 Å². The van der Waals surface area contributed by atoms with Gasteiger partial charge in [0.1, 0.15) is 0 Å². The third-order valence-corrected chi connectivity index (χ3v) is 5.48. The third-order valence-electron chi connectivity index (χ3n) is 5.48. The molecule has 2 aromatic rings. The summed E-state index contributed by atoms with van der Waals surface area (Å²) in [6, 6.07) is 15.9. The van der Waals surface area contributed by atoms with Gasteiger partial charge in [-0.2, -0.15) is 0 Å². The van der Waals surface area contributed by atoms with Crippen molar-refractivity contribution < 1.29 is 9.59 Å². The Bertz CT molecular complexity index is 808. The number of hydrogen-bond donors (Lipinski definition) is 1. The summed E-state index contributed by atoms with van der Waals surface area (Å²) in [7, 11) is 0. The second kappa shape index (κ2) is 8.85. The Labute approximate surface area is 161 Å². The van der Waals surface area contributed by atoms with E-state index in [2.05, 4.69) is 12.2 Å². The minimum Gasteiger partial charge on any atom is -0.342 e. The molecule has 4 heteroatoms. The maximum Gasteiger partial charge on any atom is 0.227 e. The van der Waals surface area contributed by atoms with E-state index in [0.29, 0.717) is 19.5 Å². The van der Waals surface area contributed by atoms with Gasteiger partial charge in [0.2, 0.25) is 11.8 Å². The van der Waals surface area contributed by atoms with Gasteiger partial charge in [-0.05, 0) is 48.9 Å². The zero-order valence-electron chi connectivity index (χ0n) is 16.2. The highest BCUT2D eigenvalue weighted by Gasteiger charge is 2.27. The first-order valence-electron chi connectivity index (χ1n) is 9.79. The molecule has 0 unspecified atom stereocenters. The lowest BCUT2D eigenvalue weighted by molar-refractivity contribution is -0.133.